The number of hydrogen-bond acceptors (Lipinski definition) is 8. The van der Waals surface area contributed by atoms with Crippen LogP contribution in [0.2, 0.25) is 0 Å². The van der Waals surface area contributed by atoms with Crippen LogP contribution in [0.4, 0.5) is 0 Å². The number of carbonyl (C=O) groups is 1. The fourth-order valence-electron chi connectivity index (χ4n) is 3.67. The van der Waals surface area contributed by atoms with Gasteiger partial charge in [0, 0.05) is 16.5 Å². The average molecular weight is 455 g/mol. The first kappa shape index (κ1) is 22.0. The average Bonchev–Trinajstić information content (AvgIpc) is 2.82. The highest BCUT2D eigenvalue weighted by molar-refractivity contribution is 8.13. The molecule has 0 spiro atoms. The molecule has 2 aromatic carbocycles. The van der Waals surface area contributed by atoms with Gasteiger partial charge in [0.2, 0.25) is 5.75 Å². The summed E-state index contributed by atoms with van der Waals surface area (Å²) >= 11 is 1.53. The minimum absolute atomic E-state index is 0.196. The van der Waals surface area contributed by atoms with Crippen molar-refractivity contribution in [1.29, 1.82) is 0 Å². The number of amidine groups is 1. The van der Waals surface area contributed by atoms with Crippen LogP contribution in [0.5, 0.6) is 17.2 Å². The Morgan fingerprint density at radius 3 is 2.47 bits per heavy atom. The minimum atomic E-state index is -0.568. The summed E-state index contributed by atoms with van der Waals surface area (Å²) in [7, 11) is 4.70. The molecule has 2 aromatic rings. The summed E-state index contributed by atoms with van der Waals surface area (Å²) in [5.74, 6) is 2.20. The van der Waals surface area contributed by atoms with Crippen molar-refractivity contribution in [2.75, 3.05) is 27.1 Å². The lowest BCUT2D eigenvalue weighted by Gasteiger charge is -2.34. The second kappa shape index (κ2) is 9.52. The Balaban J connectivity index is 1.88. The van der Waals surface area contributed by atoms with Gasteiger partial charge in [0.25, 0.3) is 5.91 Å². The number of rotatable bonds is 7. The number of fused-ring (bicyclic) bond motifs is 2. The van der Waals surface area contributed by atoms with Gasteiger partial charge < -0.3 is 14.2 Å². The largest absolute Gasteiger partial charge is 0.493 e. The van der Waals surface area contributed by atoms with E-state index in [0.717, 1.165) is 34.7 Å². The number of para-hydroxylation sites is 1. The Kier molecular flexibility index (Phi) is 6.55. The van der Waals surface area contributed by atoms with Gasteiger partial charge in [0.15, 0.2) is 22.8 Å². The zero-order valence-corrected chi connectivity index (χ0v) is 19.4. The smallest absolute Gasteiger partial charge is 0.276 e. The van der Waals surface area contributed by atoms with E-state index in [1.807, 2.05) is 36.4 Å². The lowest BCUT2D eigenvalue weighted by atomic mass is 10.1. The Morgan fingerprint density at radius 1 is 1.09 bits per heavy atom. The van der Waals surface area contributed by atoms with E-state index in [1.165, 1.54) is 11.8 Å². The Bertz CT molecular complexity index is 1160. The maximum Gasteiger partial charge on any atom is 0.276 e. The van der Waals surface area contributed by atoms with Gasteiger partial charge in [-0.3, -0.25) is 15.1 Å². The van der Waals surface area contributed by atoms with Gasteiger partial charge in [-0.1, -0.05) is 43.3 Å². The van der Waals surface area contributed by atoms with Crippen LogP contribution in [-0.2, 0) is 4.79 Å². The second-order valence-corrected chi connectivity index (χ2v) is 8.32. The SMILES string of the molecule is CCCCSC1=NN2C(=c3ccccc3=NC2c2cc(OC)c(OC)c(OC)c2)C(=O)N1. The van der Waals surface area contributed by atoms with E-state index >= 15 is 0 Å². The molecule has 168 valence electrons. The van der Waals surface area contributed by atoms with E-state index in [9.17, 15) is 4.79 Å². The highest BCUT2D eigenvalue weighted by atomic mass is 32.2. The number of amides is 1. The number of unbranched alkanes of at least 4 members (excludes halogenated alkanes) is 1. The van der Waals surface area contributed by atoms with Crippen molar-refractivity contribution in [3.05, 3.63) is 52.5 Å². The quantitative estimate of drug-likeness (QED) is 0.647. The molecule has 1 atom stereocenters. The number of thioether (sulfide) groups is 1. The molecule has 0 saturated heterocycles. The zero-order chi connectivity index (χ0) is 22.7. The number of ether oxygens (including phenoxy) is 3. The number of hydrazone groups is 1. The molecule has 0 aromatic heterocycles. The Morgan fingerprint density at radius 2 is 1.81 bits per heavy atom. The van der Waals surface area contributed by atoms with Crippen molar-refractivity contribution in [3.8, 4) is 17.2 Å². The normalized spacial score (nSPS) is 16.9. The molecule has 8 nitrogen and oxygen atoms in total. The van der Waals surface area contributed by atoms with Crippen LogP contribution in [0, 0.1) is 0 Å². The summed E-state index contributed by atoms with van der Waals surface area (Å²) in [6.07, 6.45) is 1.55. The number of methoxy groups -OCH3 is 3. The van der Waals surface area contributed by atoms with Crippen LogP contribution in [-0.4, -0.2) is 43.2 Å². The van der Waals surface area contributed by atoms with Crippen molar-refractivity contribution < 1.29 is 19.0 Å². The lowest BCUT2D eigenvalue weighted by molar-refractivity contribution is -0.116. The van der Waals surface area contributed by atoms with Gasteiger partial charge in [0.05, 0.1) is 26.7 Å². The van der Waals surface area contributed by atoms with Crippen LogP contribution in [0.3, 0.4) is 0 Å². The predicted octanol–water partition coefficient (Wildman–Crippen LogP) is 2.39. The molecule has 4 rings (SSSR count). The van der Waals surface area contributed by atoms with Gasteiger partial charge in [-0.25, -0.2) is 5.01 Å². The molecular formula is C23H26N4O4S. The van der Waals surface area contributed by atoms with Crippen LogP contribution < -0.4 is 30.1 Å². The van der Waals surface area contributed by atoms with Crippen molar-refractivity contribution >= 4 is 28.5 Å². The van der Waals surface area contributed by atoms with E-state index < -0.39 is 6.17 Å². The third-order valence-electron chi connectivity index (χ3n) is 5.24. The first-order chi connectivity index (χ1) is 15.6. The van der Waals surface area contributed by atoms with E-state index in [2.05, 4.69) is 12.2 Å². The standard InChI is InChI=1S/C23H26N4O4S/c1-5-6-11-32-23-25-22(28)19-15-9-7-8-10-16(15)24-21(27(19)26-23)14-12-17(29-2)20(31-4)18(13-14)30-3/h7-10,12-13,21H,5-6,11H2,1-4H3,(H,25,26,28). The summed E-state index contributed by atoms with van der Waals surface area (Å²) in [6.45, 7) is 2.13. The fourth-order valence-corrected chi connectivity index (χ4v) is 4.61. The van der Waals surface area contributed by atoms with Crippen LogP contribution >= 0.6 is 11.8 Å². The molecule has 2 heterocycles. The first-order valence-corrected chi connectivity index (χ1v) is 11.4. The maximum atomic E-state index is 13.2. The maximum absolute atomic E-state index is 13.2. The van der Waals surface area contributed by atoms with Crippen LogP contribution in [0.25, 0.3) is 5.70 Å². The Labute approximate surface area is 190 Å². The number of nitrogens with zero attached hydrogens (tertiary/aromatic N) is 3. The lowest BCUT2D eigenvalue weighted by Crippen LogP contribution is -2.50. The van der Waals surface area contributed by atoms with Crippen LogP contribution in [0.1, 0.15) is 31.5 Å². The summed E-state index contributed by atoms with van der Waals surface area (Å²) in [5, 5.41) is 11.4. The molecule has 2 aliphatic rings. The molecule has 2 aliphatic heterocycles. The van der Waals surface area contributed by atoms with Gasteiger partial charge in [0.1, 0.15) is 5.70 Å². The van der Waals surface area contributed by atoms with Gasteiger partial charge in [-0.05, 0) is 24.6 Å². The molecule has 0 fully saturated rings. The van der Waals surface area contributed by atoms with Crippen molar-refractivity contribution in [1.82, 2.24) is 10.3 Å². The third-order valence-corrected chi connectivity index (χ3v) is 6.19. The molecule has 9 heteroatoms. The number of hydrogen-bond donors (Lipinski definition) is 1. The summed E-state index contributed by atoms with van der Waals surface area (Å²) < 4.78 is 16.5. The van der Waals surface area contributed by atoms with Crippen molar-refractivity contribution in [3.63, 3.8) is 0 Å². The molecular weight excluding hydrogens is 428 g/mol. The fraction of sp³-hybridized carbons (Fsp3) is 0.348. The molecule has 0 radical (unpaired) electrons. The van der Waals surface area contributed by atoms with E-state index in [-0.39, 0.29) is 5.91 Å². The predicted molar refractivity (Wildman–Crippen MR) is 124 cm³/mol. The molecule has 0 saturated carbocycles. The topological polar surface area (TPSA) is 84.8 Å². The first-order valence-electron chi connectivity index (χ1n) is 10.4. The second-order valence-electron chi connectivity index (χ2n) is 7.23. The van der Waals surface area contributed by atoms with Crippen LogP contribution in [0.15, 0.2) is 46.5 Å². The minimum Gasteiger partial charge on any atom is -0.493 e. The van der Waals surface area contributed by atoms with E-state index in [1.54, 1.807) is 26.3 Å². The van der Waals surface area contributed by atoms with E-state index in [4.69, 9.17) is 24.3 Å². The molecule has 0 bridgehead atoms. The molecule has 1 amide bonds. The molecule has 32 heavy (non-hydrogen) atoms. The van der Waals surface area contributed by atoms with Gasteiger partial charge in [-0.2, -0.15) is 0 Å². The van der Waals surface area contributed by atoms with E-state index in [0.29, 0.717) is 28.1 Å². The van der Waals surface area contributed by atoms with Crippen molar-refractivity contribution in [2.24, 2.45) is 10.1 Å². The summed E-state index contributed by atoms with van der Waals surface area (Å²) in [4.78, 5) is 18.1. The highest BCUT2D eigenvalue weighted by Gasteiger charge is 2.35. The van der Waals surface area contributed by atoms with Gasteiger partial charge in [-0.15, -0.1) is 5.10 Å². The zero-order valence-electron chi connectivity index (χ0n) is 18.5. The summed E-state index contributed by atoms with van der Waals surface area (Å²) in [6, 6.07) is 11.3. The number of benzene rings is 2. The van der Waals surface area contributed by atoms with Gasteiger partial charge >= 0.3 is 0 Å². The number of nitrogens with one attached hydrogen (secondary N) is 1. The molecule has 0 aliphatic carbocycles. The monoisotopic (exact) mass is 454 g/mol. The highest BCUT2D eigenvalue weighted by Crippen LogP contribution is 2.42. The Hall–Kier alpha value is -3.20. The number of carbonyl (C=O) groups excluding carboxylic acids is 1. The third kappa shape index (κ3) is 4.00. The molecule has 1 unspecified atom stereocenters. The molecule has 1 N–H and O–H groups in total. The van der Waals surface area contributed by atoms with Crippen molar-refractivity contribution in [2.45, 2.75) is 25.9 Å². The summed E-state index contributed by atoms with van der Waals surface area (Å²) in [5.41, 5.74) is 1.23.